The Bertz CT molecular complexity index is 78.2. The quantitative estimate of drug-likeness (QED) is 0.341. The lowest BCUT2D eigenvalue weighted by Crippen LogP contribution is -2.48. The summed E-state index contributed by atoms with van der Waals surface area (Å²) in [7, 11) is 8.04. The first-order valence-electron chi connectivity index (χ1n) is 3.62. The number of ether oxygens (including phenoxy) is 1. The van der Waals surface area contributed by atoms with Crippen LogP contribution in [0.4, 0.5) is 0 Å². The molecule has 0 rings (SSSR count). The first kappa shape index (κ1) is 9.88. The molecule has 0 aromatic rings. The molecule has 0 radical (unpaired) electrons. The number of methoxy groups -OCH3 is 1. The Hall–Kier alpha value is -0.120. The molecule has 0 aliphatic carbocycles. The fraction of sp³-hybridized carbons (Fsp3) is 1.00. The zero-order valence-corrected chi connectivity index (χ0v) is 7.48. The van der Waals surface area contributed by atoms with E-state index in [-0.39, 0.29) is 0 Å². The van der Waals surface area contributed by atoms with Crippen LogP contribution in [-0.4, -0.2) is 46.0 Å². The lowest BCUT2D eigenvalue weighted by Gasteiger charge is -2.23. The summed E-state index contributed by atoms with van der Waals surface area (Å²) >= 11 is 0. The minimum Gasteiger partial charge on any atom is -0.385 e. The van der Waals surface area contributed by atoms with Crippen LogP contribution in [0.3, 0.4) is 0 Å². The highest BCUT2D eigenvalue weighted by Gasteiger charge is 2.03. The number of hydrogen-bond donors (Lipinski definition) is 1. The molecule has 0 fully saturated rings. The van der Waals surface area contributed by atoms with Crippen LogP contribution in [0.25, 0.3) is 0 Å². The maximum absolute atomic E-state index is 4.91. The van der Waals surface area contributed by atoms with Gasteiger partial charge in [0.2, 0.25) is 0 Å². The zero-order chi connectivity index (χ0) is 8.04. The van der Waals surface area contributed by atoms with Crippen molar-refractivity contribution in [2.45, 2.75) is 6.42 Å². The molecular formula is C7H19N2O+. The van der Waals surface area contributed by atoms with Crippen molar-refractivity contribution in [3.8, 4) is 0 Å². The number of hydrogen-bond acceptors (Lipinski definition) is 2. The Morgan fingerprint density at radius 1 is 1.30 bits per heavy atom. The average molecular weight is 147 g/mol. The number of nitrogens with one attached hydrogen (secondary N) is 1. The van der Waals surface area contributed by atoms with Gasteiger partial charge in [0.15, 0.2) is 0 Å². The molecule has 0 aromatic heterocycles. The van der Waals surface area contributed by atoms with Gasteiger partial charge in [0.1, 0.15) is 0 Å². The average Bonchev–Trinajstić information content (AvgIpc) is 1.78. The van der Waals surface area contributed by atoms with E-state index in [1.54, 1.807) is 7.11 Å². The normalized spacial score (nSPS) is 12.0. The molecule has 0 heterocycles. The molecule has 1 N–H and O–H groups in total. The third kappa shape index (κ3) is 7.88. The van der Waals surface area contributed by atoms with Gasteiger partial charge in [-0.2, -0.15) is 5.43 Å². The summed E-state index contributed by atoms with van der Waals surface area (Å²) in [5.74, 6) is 0. The van der Waals surface area contributed by atoms with E-state index in [0.717, 1.165) is 24.2 Å². The van der Waals surface area contributed by atoms with E-state index in [9.17, 15) is 0 Å². The summed E-state index contributed by atoms with van der Waals surface area (Å²) in [4.78, 5) is 0. The van der Waals surface area contributed by atoms with Crippen molar-refractivity contribution in [3.05, 3.63) is 0 Å². The first-order valence-corrected chi connectivity index (χ1v) is 3.62. The van der Waals surface area contributed by atoms with E-state index in [4.69, 9.17) is 4.74 Å². The number of rotatable bonds is 5. The van der Waals surface area contributed by atoms with E-state index < -0.39 is 0 Å². The van der Waals surface area contributed by atoms with Crippen LogP contribution in [0.15, 0.2) is 0 Å². The standard InChI is InChI=1S/C7H19N2O/c1-9(2,3)8-6-5-7-10-4/h8H,5-7H2,1-4H3/q+1. The zero-order valence-electron chi connectivity index (χ0n) is 7.48. The Morgan fingerprint density at radius 2 is 1.90 bits per heavy atom. The van der Waals surface area contributed by atoms with Gasteiger partial charge in [-0.25, -0.2) is 0 Å². The van der Waals surface area contributed by atoms with Crippen molar-refractivity contribution in [2.24, 2.45) is 0 Å². The van der Waals surface area contributed by atoms with Gasteiger partial charge in [0, 0.05) is 20.3 Å². The highest BCUT2D eigenvalue weighted by atomic mass is 16.5. The molecule has 0 amide bonds. The SMILES string of the molecule is COCCCN[N+](C)(C)C. The minimum atomic E-state index is 0.809. The van der Waals surface area contributed by atoms with Crippen molar-refractivity contribution < 1.29 is 9.33 Å². The van der Waals surface area contributed by atoms with Crippen molar-refractivity contribution in [1.82, 2.24) is 5.43 Å². The monoisotopic (exact) mass is 147 g/mol. The lowest BCUT2D eigenvalue weighted by atomic mass is 10.5. The van der Waals surface area contributed by atoms with E-state index in [0.29, 0.717) is 0 Å². The van der Waals surface area contributed by atoms with Gasteiger partial charge in [0.25, 0.3) is 0 Å². The summed E-state index contributed by atoms with van der Waals surface area (Å²) < 4.78 is 5.72. The highest BCUT2D eigenvalue weighted by molar-refractivity contribution is 4.34. The van der Waals surface area contributed by atoms with Gasteiger partial charge >= 0.3 is 0 Å². The molecule has 0 saturated carbocycles. The third-order valence-electron chi connectivity index (χ3n) is 1.11. The first-order chi connectivity index (χ1) is 4.56. The van der Waals surface area contributed by atoms with E-state index >= 15 is 0 Å². The van der Waals surface area contributed by atoms with Crippen LogP contribution in [0.1, 0.15) is 6.42 Å². The summed E-state index contributed by atoms with van der Waals surface area (Å²) in [5, 5.41) is 0. The molecule has 10 heavy (non-hydrogen) atoms. The molecular weight excluding hydrogens is 128 g/mol. The van der Waals surface area contributed by atoms with E-state index in [1.165, 1.54) is 0 Å². The second-order valence-corrected chi connectivity index (χ2v) is 3.27. The smallest absolute Gasteiger partial charge is 0.0853 e. The lowest BCUT2D eigenvalue weighted by molar-refractivity contribution is -0.915. The number of nitrogens with zero attached hydrogens (tertiary/aromatic N) is 1. The fourth-order valence-electron chi connectivity index (χ4n) is 0.631. The molecule has 0 spiro atoms. The Balaban J connectivity index is 3.04. The van der Waals surface area contributed by atoms with Gasteiger partial charge in [-0.15, -0.1) is 0 Å². The molecule has 3 heteroatoms. The summed E-state index contributed by atoms with van der Waals surface area (Å²) in [5.41, 5.74) is 3.31. The van der Waals surface area contributed by atoms with Gasteiger partial charge in [-0.1, -0.05) is 0 Å². The fourth-order valence-corrected chi connectivity index (χ4v) is 0.631. The molecule has 3 nitrogen and oxygen atoms in total. The Labute approximate surface area is 63.5 Å². The van der Waals surface area contributed by atoms with Crippen LogP contribution in [-0.2, 0) is 4.74 Å². The Kier molecular flexibility index (Phi) is 4.60. The topological polar surface area (TPSA) is 21.3 Å². The van der Waals surface area contributed by atoms with E-state index in [2.05, 4.69) is 26.6 Å². The molecule has 0 atom stereocenters. The van der Waals surface area contributed by atoms with Crippen molar-refractivity contribution >= 4 is 0 Å². The highest BCUT2D eigenvalue weighted by Crippen LogP contribution is 1.83. The number of quaternary nitrogens is 1. The predicted molar refractivity (Wildman–Crippen MR) is 42.5 cm³/mol. The van der Waals surface area contributed by atoms with Gasteiger partial charge in [-0.3, -0.25) is 4.59 Å². The maximum atomic E-state index is 4.91. The third-order valence-corrected chi connectivity index (χ3v) is 1.11. The maximum Gasteiger partial charge on any atom is 0.0853 e. The second-order valence-electron chi connectivity index (χ2n) is 3.27. The second kappa shape index (κ2) is 4.66. The van der Waals surface area contributed by atoms with Gasteiger partial charge in [-0.05, 0) is 6.42 Å². The van der Waals surface area contributed by atoms with Crippen molar-refractivity contribution in [3.63, 3.8) is 0 Å². The van der Waals surface area contributed by atoms with Gasteiger partial charge < -0.3 is 4.74 Å². The van der Waals surface area contributed by atoms with Crippen LogP contribution in [0.2, 0.25) is 0 Å². The Morgan fingerprint density at radius 3 is 2.30 bits per heavy atom. The van der Waals surface area contributed by atoms with Crippen LogP contribution in [0.5, 0.6) is 0 Å². The largest absolute Gasteiger partial charge is 0.385 e. The van der Waals surface area contributed by atoms with Gasteiger partial charge in [0.05, 0.1) is 21.1 Å². The van der Waals surface area contributed by atoms with E-state index in [1.807, 2.05) is 0 Å². The van der Waals surface area contributed by atoms with Crippen LogP contribution >= 0.6 is 0 Å². The summed E-state index contributed by atoms with van der Waals surface area (Å²) in [6, 6.07) is 0. The molecule has 0 aliphatic heterocycles. The predicted octanol–water partition coefficient (Wildman–Crippen LogP) is 0.234. The molecule has 0 aromatic carbocycles. The minimum absolute atomic E-state index is 0.809. The van der Waals surface area contributed by atoms with Crippen LogP contribution < -0.4 is 5.43 Å². The van der Waals surface area contributed by atoms with Crippen molar-refractivity contribution in [2.75, 3.05) is 41.4 Å². The molecule has 0 bridgehead atoms. The van der Waals surface area contributed by atoms with Crippen LogP contribution in [0, 0.1) is 0 Å². The molecule has 0 unspecified atom stereocenters. The van der Waals surface area contributed by atoms with Crippen molar-refractivity contribution in [1.29, 1.82) is 0 Å². The molecule has 0 aliphatic rings. The summed E-state index contributed by atoms with van der Waals surface area (Å²) in [6.07, 6.45) is 1.08. The molecule has 62 valence electrons. The molecule has 0 saturated heterocycles. The summed E-state index contributed by atoms with van der Waals surface area (Å²) in [6.45, 7) is 1.85.